The van der Waals surface area contributed by atoms with E-state index in [4.69, 9.17) is 0 Å². The maximum atomic E-state index is 9.59. The molecule has 2 heteroatoms. The fourth-order valence-corrected chi connectivity index (χ4v) is 2.76. The lowest BCUT2D eigenvalue weighted by Gasteiger charge is -2.37. The van der Waals surface area contributed by atoms with Gasteiger partial charge in [0, 0.05) is 0 Å². The number of nitrogens with zero attached hydrogens (tertiary/aromatic N) is 2. The van der Waals surface area contributed by atoms with Crippen LogP contribution in [0.15, 0.2) is 30.3 Å². The van der Waals surface area contributed by atoms with Gasteiger partial charge >= 0.3 is 0 Å². The fourth-order valence-electron chi connectivity index (χ4n) is 2.76. The zero-order chi connectivity index (χ0) is 12.8. The molecule has 0 radical (unpaired) electrons. The Hall–Kier alpha value is -1.33. The van der Waals surface area contributed by atoms with Gasteiger partial charge in [-0.15, -0.1) is 0 Å². The number of piperidine rings is 1. The Bertz CT molecular complexity index is 397. The van der Waals surface area contributed by atoms with Crippen molar-refractivity contribution in [1.29, 1.82) is 5.26 Å². The third-order valence-corrected chi connectivity index (χ3v) is 4.08. The second kappa shape index (κ2) is 6.02. The third kappa shape index (κ3) is 2.73. The highest BCUT2D eigenvalue weighted by Gasteiger charge is 2.35. The first kappa shape index (κ1) is 13.1. The molecular weight excluding hydrogens is 220 g/mol. The summed E-state index contributed by atoms with van der Waals surface area (Å²) in [6.07, 6.45) is 4.46. The van der Waals surface area contributed by atoms with E-state index < -0.39 is 0 Å². The average molecular weight is 242 g/mol. The molecule has 0 atom stereocenters. The van der Waals surface area contributed by atoms with E-state index in [1.165, 1.54) is 24.9 Å². The molecule has 0 bridgehead atoms. The normalized spacial score (nSPS) is 19.3. The summed E-state index contributed by atoms with van der Waals surface area (Å²) in [5.41, 5.74) is 0.951. The summed E-state index contributed by atoms with van der Waals surface area (Å²) in [5.74, 6) is 0. The summed E-state index contributed by atoms with van der Waals surface area (Å²) in [7, 11) is 0. The molecule has 1 fully saturated rings. The molecule has 0 N–H and O–H groups in total. The second-order valence-corrected chi connectivity index (χ2v) is 5.26. The average Bonchev–Trinajstić information content (AvgIpc) is 2.46. The lowest BCUT2D eigenvalue weighted by atomic mass is 9.74. The van der Waals surface area contributed by atoms with Gasteiger partial charge in [-0.2, -0.15) is 5.26 Å². The number of benzene rings is 1. The summed E-state index contributed by atoms with van der Waals surface area (Å²) in [6, 6.07) is 12.9. The molecule has 0 saturated carbocycles. The zero-order valence-electron chi connectivity index (χ0n) is 11.2. The van der Waals surface area contributed by atoms with Crippen LogP contribution in [-0.2, 0) is 5.41 Å². The Kier molecular flexibility index (Phi) is 4.38. The summed E-state index contributed by atoms with van der Waals surface area (Å²) in [4.78, 5) is 2.50. The van der Waals surface area contributed by atoms with E-state index in [1.54, 1.807) is 0 Å². The van der Waals surface area contributed by atoms with Crippen molar-refractivity contribution in [2.75, 3.05) is 19.6 Å². The second-order valence-electron chi connectivity index (χ2n) is 5.26. The maximum Gasteiger partial charge on any atom is 0.0846 e. The smallest absolute Gasteiger partial charge is 0.0846 e. The van der Waals surface area contributed by atoms with Crippen molar-refractivity contribution in [2.45, 2.75) is 38.0 Å². The highest BCUT2D eigenvalue weighted by atomic mass is 15.1. The SMILES string of the molecule is CCCCN1CCC(C#N)(c2ccccc2)CC1. The number of unbranched alkanes of at least 4 members (excludes halogenated alkanes) is 1. The molecule has 96 valence electrons. The molecule has 0 unspecified atom stereocenters. The Balaban J connectivity index is 2.03. The largest absolute Gasteiger partial charge is 0.303 e. The zero-order valence-corrected chi connectivity index (χ0v) is 11.2. The van der Waals surface area contributed by atoms with E-state index in [0.29, 0.717) is 0 Å². The van der Waals surface area contributed by atoms with Gasteiger partial charge in [0.2, 0.25) is 0 Å². The molecule has 1 aliphatic rings. The van der Waals surface area contributed by atoms with Crippen molar-refractivity contribution in [2.24, 2.45) is 0 Å². The van der Waals surface area contributed by atoms with Gasteiger partial charge in [-0.25, -0.2) is 0 Å². The van der Waals surface area contributed by atoms with Crippen LogP contribution in [-0.4, -0.2) is 24.5 Å². The van der Waals surface area contributed by atoms with Crippen LogP contribution in [0.25, 0.3) is 0 Å². The van der Waals surface area contributed by atoms with Crippen LogP contribution >= 0.6 is 0 Å². The minimum absolute atomic E-state index is 0.246. The van der Waals surface area contributed by atoms with Gasteiger partial charge in [-0.1, -0.05) is 43.7 Å². The Morgan fingerprint density at radius 1 is 1.22 bits per heavy atom. The van der Waals surface area contributed by atoms with Gasteiger partial charge < -0.3 is 4.90 Å². The molecule has 1 aromatic rings. The summed E-state index contributed by atoms with van der Waals surface area (Å²) >= 11 is 0. The number of nitriles is 1. The van der Waals surface area contributed by atoms with E-state index in [1.807, 2.05) is 18.2 Å². The van der Waals surface area contributed by atoms with Crippen molar-refractivity contribution < 1.29 is 0 Å². The molecule has 2 rings (SSSR count). The van der Waals surface area contributed by atoms with E-state index in [2.05, 4.69) is 30.0 Å². The van der Waals surface area contributed by atoms with Crippen molar-refractivity contribution in [3.8, 4) is 6.07 Å². The fraction of sp³-hybridized carbons (Fsp3) is 0.562. The van der Waals surface area contributed by atoms with E-state index in [9.17, 15) is 5.26 Å². The van der Waals surface area contributed by atoms with Crippen LogP contribution in [0, 0.1) is 11.3 Å². The summed E-state index contributed by atoms with van der Waals surface area (Å²) < 4.78 is 0. The van der Waals surface area contributed by atoms with Crippen molar-refractivity contribution in [3.05, 3.63) is 35.9 Å². The van der Waals surface area contributed by atoms with E-state index >= 15 is 0 Å². The Morgan fingerprint density at radius 2 is 1.89 bits per heavy atom. The number of rotatable bonds is 4. The highest BCUT2D eigenvalue weighted by Crippen LogP contribution is 2.34. The molecule has 0 aliphatic carbocycles. The lowest BCUT2D eigenvalue weighted by Crippen LogP contribution is -2.42. The van der Waals surface area contributed by atoms with Crippen LogP contribution in [0.2, 0.25) is 0 Å². The van der Waals surface area contributed by atoms with Gasteiger partial charge in [-0.05, 0) is 44.5 Å². The lowest BCUT2D eigenvalue weighted by molar-refractivity contribution is 0.184. The number of likely N-dealkylation sites (tertiary alicyclic amines) is 1. The highest BCUT2D eigenvalue weighted by molar-refractivity contribution is 5.33. The monoisotopic (exact) mass is 242 g/mol. The summed E-state index contributed by atoms with van der Waals surface area (Å²) in [5, 5.41) is 9.59. The maximum absolute atomic E-state index is 9.59. The molecule has 1 heterocycles. The van der Waals surface area contributed by atoms with Crippen LogP contribution in [0.4, 0.5) is 0 Å². The van der Waals surface area contributed by atoms with E-state index in [0.717, 1.165) is 25.9 Å². The predicted molar refractivity (Wildman–Crippen MR) is 74.3 cm³/mol. The van der Waals surface area contributed by atoms with Crippen LogP contribution in [0.3, 0.4) is 0 Å². The van der Waals surface area contributed by atoms with E-state index in [-0.39, 0.29) is 5.41 Å². The van der Waals surface area contributed by atoms with Crippen LogP contribution in [0.5, 0.6) is 0 Å². The van der Waals surface area contributed by atoms with Crippen molar-refractivity contribution in [3.63, 3.8) is 0 Å². The molecule has 1 aliphatic heterocycles. The van der Waals surface area contributed by atoms with Gasteiger partial charge in [0.15, 0.2) is 0 Å². The van der Waals surface area contributed by atoms with Crippen LogP contribution < -0.4 is 0 Å². The van der Waals surface area contributed by atoms with Gasteiger partial charge in [-0.3, -0.25) is 0 Å². The quantitative estimate of drug-likeness (QED) is 0.809. The number of hydrogen-bond acceptors (Lipinski definition) is 2. The Labute approximate surface area is 110 Å². The van der Waals surface area contributed by atoms with Gasteiger partial charge in [0.1, 0.15) is 0 Å². The summed E-state index contributed by atoms with van der Waals surface area (Å²) in [6.45, 7) is 5.53. The topological polar surface area (TPSA) is 27.0 Å². The molecule has 18 heavy (non-hydrogen) atoms. The number of hydrogen-bond donors (Lipinski definition) is 0. The third-order valence-electron chi connectivity index (χ3n) is 4.08. The molecule has 0 spiro atoms. The van der Waals surface area contributed by atoms with Crippen LogP contribution in [0.1, 0.15) is 38.2 Å². The molecular formula is C16H22N2. The first-order valence-corrected chi connectivity index (χ1v) is 7.00. The molecule has 2 nitrogen and oxygen atoms in total. The molecule has 0 amide bonds. The Morgan fingerprint density at radius 3 is 2.44 bits per heavy atom. The first-order valence-electron chi connectivity index (χ1n) is 7.00. The predicted octanol–water partition coefficient (Wildman–Crippen LogP) is 3.34. The minimum atomic E-state index is -0.246. The van der Waals surface area contributed by atoms with Crippen molar-refractivity contribution in [1.82, 2.24) is 4.90 Å². The first-order chi connectivity index (χ1) is 8.80. The molecule has 1 saturated heterocycles. The van der Waals surface area contributed by atoms with Gasteiger partial charge in [0.25, 0.3) is 0 Å². The minimum Gasteiger partial charge on any atom is -0.303 e. The van der Waals surface area contributed by atoms with Crippen molar-refractivity contribution >= 4 is 0 Å². The van der Waals surface area contributed by atoms with Gasteiger partial charge in [0.05, 0.1) is 11.5 Å². The molecule has 0 aromatic heterocycles. The standard InChI is InChI=1S/C16H22N2/c1-2-3-11-18-12-9-16(14-17,10-13-18)15-7-5-4-6-8-15/h4-8H,2-3,9-13H2,1H3. The molecule has 1 aromatic carbocycles.